The molecule has 0 atom stereocenters. The van der Waals surface area contributed by atoms with Crippen molar-refractivity contribution in [2.45, 2.75) is 38.0 Å². The van der Waals surface area contributed by atoms with Crippen LogP contribution in [0.3, 0.4) is 0 Å². The highest BCUT2D eigenvalue weighted by atomic mass is 32.2. The van der Waals surface area contributed by atoms with Crippen LogP contribution in [0.1, 0.15) is 30.4 Å². The number of nitrogens with zero attached hydrogens (tertiary/aromatic N) is 1. The molecule has 0 unspecified atom stereocenters. The largest absolute Gasteiger partial charge is 0.343 e. The fraction of sp³-hybridized carbons (Fsp3) is 0.391. The molecule has 148 valence electrons. The minimum Gasteiger partial charge on any atom is -0.343 e. The summed E-state index contributed by atoms with van der Waals surface area (Å²) in [4.78, 5) is 28.0. The van der Waals surface area contributed by atoms with Gasteiger partial charge in [-0.05, 0) is 62.1 Å². The minimum atomic E-state index is -0.0193. The number of hydrogen-bond donors (Lipinski definition) is 1. The number of rotatable bonds is 6. The summed E-state index contributed by atoms with van der Waals surface area (Å²) >= 11 is 1.73. The van der Waals surface area contributed by atoms with Crippen LogP contribution in [0.15, 0.2) is 53.4 Å². The summed E-state index contributed by atoms with van der Waals surface area (Å²) in [6.45, 7) is 5.56. The first-order valence-electron chi connectivity index (χ1n) is 9.86. The highest BCUT2D eigenvalue weighted by Crippen LogP contribution is 2.23. The van der Waals surface area contributed by atoms with Crippen LogP contribution in [-0.4, -0.2) is 35.6 Å². The monoisotopic (exact) mass is 396 g/mol. The number of piperidine rings is 1. The maximum atomic E-state index is 12.5. The average molecular weight is 397 g/mol. The number of nitrogens with one attached hydrogen (secondary N) is 1. The van der Waals surface area contributed by atoms with E-state index < -0.39 is 0 Å². The second-order valence-electron chi connectivity index (χ2n) is 7.35. The van der Waals surface area contributed by atoms with E-state index in [1.54, 1.807) is 11.8 Å². The fourth-order valence-electron chi connectivity index (χ4n) is 3.37. The number of amides is 2. The van der Waals surface area contributed by atoms with Gasteiger partial charge in [0.15, 0.2) is 0 Å². The summed E-state index contributed by atoms with van der Waals surface area (Å²) in [5.41, 5.74) is 3.40. The van der Waals surface area contributed by atoms with E-state index in [0.717, 1.165) is 24.3 Å². The Balaban J connectivity index is 1.39. The lowest BCUT2D eigenvalue weighted by atomic mass is 9.95. The molecule has 0 bridgehead atoms. The molecule has 0 saturated carbocycles. The predicted molar refractivity (Wildman–Crippen MR) is 116 cm³/mol. The third kappa shape index (κ3) is 5.61. The van der Waals surface area contributed by atoms with Gasteiger partial charge in [-0.25, -0.2) is 0 Å². The Kier molecular flexibility index (Phi) is 7.15. The van der Waals surface area contributed by atoms with E-state index >= 15 is 0 Å². The molecule has 4 nitrogen and oxygen atoms in total. The Hall–Kier alpha value is -2.27. The molecule has 1 heterocycles. The molecule has 0 aliphatic carbocycles. The Morgan fingerprint density at radius 1 is 1.04 bits per heavy atom. The van der Waals surface area contributed by atoms with Gasteiger partial charge in [0.25, 0.3) is 0 Å². The molecule has 2 aromatic carbocycles. The first-order valence-corrected chi connectivity index (χ1v) is 10.9. The number of carbonyl (C=O) groups is 2. The number of likely N-dealkylation sites (tertiary alicyclic amines) is 1. The van der Waals surface area contributed by atoms with E-state index in [9.17, 15) is 9.59 Å². The van der Waals surface area contributed by atoms with Crippen LogP contribution in [0.4, 0.5) is 5.69 Å². The zero-order valence-electron chi connectivity index (χ0n) is 16.6. The molecule has 28 heavy (non-hydrogen) atoms. The van der Waals surface area contributed by atoms with Crippen molar-refractivity contribution in [1.82, 2.24) is 4.90 Å². The Morgan fingerprint density at radius 2 is 1.75 bits per heavy atom. The summed E-state index contributed by atoms with van der Waals surface area (Å²) in [7, 11) is 0. The molecule has 1 N–H and O–H groups in total. The third-order valence-electron chi connectivity index (χ3n) is 5.32. The maximum Gasteiger partial charge on any atom is 0.227 e. The topological polar surface area (TPSA) is 49.4 Å². The third-order valence-corrected chi connectivity index (χ3v) is 6.32. The Labute approximate surface area is 171 Å². The molecule has 1 fully saturated rings. The van der Waals surface area contributed by atoms with E-state index in [0.29, 0.717) is 19.5 Å². The van der Waals surface area contributed by atoms with Crippen molar-refractivity contribution in [2.75, 3.05) is 24.2 Å². The number of hydrogen-bond acceptors (Lipinski definition) is 3. The standard InChI is InChI=1S/C23H28N2O2S/c1-17-8-9-21(16-18(17)2)28-15-12-22(26)25-13-10-19(11-14-25)23(27)24-20-6-4-3-5-7-20/h3-9,16,19H,10-15H2,1-2H3,(H,24,27). The van der Waals surface area contributed by atoms with Gasteiger partial charge in [-0.1, -0.05) is 24.3 Å². The van der Waals surface area contributed by atoms with E-state index in [1.165, 1.54) is 16.0 Å². The molecule has 0 aromatic heterocycles. The fourth-order valence-corrected chi connectivity index (χ4v) is 4.31. The van der Waals surface area contributed by atoms with E-state index in [2.05, 4.69) is 37.4 Å². The van der Waals surface area contributed by atoms with Crippen molar-refractivity contribution < 1.29 is 9.59 Å². The first kappa shape index (κ1) is 20.5. The lowest BCUT2D eigenvalue weighted by Gasteiger charge is -2.31. The lowest BCUT2D eigenvalue weighted by Crippen LogP contribution is -2.41. The summed E-state index contributed by atoms with van der Waals surface area (Å²) in [6.07, 6.45) is 2.00. The number of anilines is 1. The van der Waals surface area contributed by atoms with E-state index in [4.69, 9.17) is 0 Å². The molecule has 2 amide bonds. The van der Waals surface area contributed by atoms with Crippen LogP contribution in [-0.2, 0) is 9.59 Å². The maximum absolute atomic E-state index is 12.5. The van der Waals surface area contributed by atoms with Crippen LogP contribution in [0.25, 0.3) is 0 Å². The second kappa shape index (κ2) is 9.78. The summed E-state index contributed by atoms with van der Waals surface area (Å²) in [6, 6.07) is 16.0. The molecule has 0 spiro atoms. The van der Waals surface area contributed by atoms with Crippen LogP contribution in [0, 0.1) is 19.8 Å². The van der Waals surface area contributed by atoms with Crippen LogP contribution >= 0.6 is 11.8 Å². The number of thioether (sulfide) groups is 1. The van der Waals surface area contributed by atoms with Gasteiger partial charge in [0.05, 0.1) is 0 Å². The van der Waals surface area contributed by atoms with Gasteiger partial charge in [-0.15, -0.1) is 11.8 Å². The van der Waals surface area contributed by atoms with Gasteiger partial charge in [-0.3, -0.25) is 9.59 Å². The molecular formula is C23H28N2O2S. The summed E-state index contributed by atoms with van der Waals surface area (Å²) in [5, 5.41) is 2.97. The summed E-state index contributed by atoms with van der Waals surface area (Å²) < 4.78 is 0. The van der Waals surface area contributed by atoms with Crippen LogP contribution in [0.5, 0.6) is 0 Å². The Bertz CT molecular complexity index is 815. The van der Waals surface area contributed by atoms with Crippen molar-refractivity contribution in [3.8, 4) is 0 Å². The van der Waals surface area contributed by atoms with Gasteiger partial charge in [-0.2, -0.15) is 0 Å². The second-order valence-corrected chi connectivity index (χ2v) is 8.52. The van der Waals surface area contributed by atoms with Gasteiger partial charge in [0.1, 0.15) is 0 Å². The highest BCUT2D eigenvalue weighted by Gasteiger charge is 2.27. The SMILES string of the molecule is Cc1ccc(SCCC(=O)N2CCC(C(=O)Nc3ccccc3)CC2)cc1C. The number of carbonyl (C=O) groups excluding carboxylic acids is 2. The van der Waals surface area contributed by atoms with Crippen molar-refractivity contribution in [3.63, 3.8) is 0 Å². The van der Waals surface area contributed by atoms with Crippen molar-refractivity contribution >= 4 is 29.3 Å². The molecule has 3 rings (SSSR count). The molecule has 1 saturated heterocycles. The van der Waals surface area contributed by atoms with Gasteiger partial charge >= 0.3 is 0 Å². The van der Waals surface area contributed by atoms with Crippen molar-refractivity contribution in [1.29, 1.82) is 0 Å². The predicted octanol–water partition coefficient (Wildman–Crippen LogP) is 4.66. The smallest absolute Gasteiger partial charge is 0.227 e. The average Bonchev–Trinajstić information content (AvgIpc) is 2.71. The quantitative estimate of drug-likeness (QED) is 0.722. The van der Waals surface area contributed by atoms with E-state index in [1.807, 2.05) is 35.2 Å². The lowest BCUT2D eigenvalue weighted by molar-refractivity contribution is -0.134. The zero-order chi connectivity index (χ0) is 19.9. The number of aryl methyl sites for hydroxylation is 2. The molecular weight excluding hydrogens is 368 g/mol. The van der Waals surface area contributed by atoms with Crippen molar-refractivity contribution in [3.05, 3.63) is 59.7 Å². The molecule has 1 aliphatic rings. The molecule has 1 aliphatic heterocycles. The van der Waals surface area contributed by atoms with Crippen LogP contribution < -0.4 is 5.32 Å². The highest BCUT2D eigenvalue weighted by molar-refractivity contribution is 7.99. The number of benzene rings is 2. The summed E-state index contributed by atoms with van der Waals surface area (Å²) in [5.74, 6) is 1.02. The normalized spacial score (nSPS) is 14.7. The van der Waals surface area contributed by atoms with Crippen LogP contribution in [0.2, 0.25) is 0 Å². The molecule has 2 aromatic rings. The molecule has 5 heteroatoms. The number of para-hydroxylation sites is 1. The van der Waals surface area contributed by atoms with Crippen molar-refractivity contribution in [2.24, 2.45) is 5.92 Å². The van der Waals surface area contributed by atoms with Gasteiger partial charge in [0.2, 0.25) is 11.8 Å². The Morgan fingerprint density at radius 3 is 2.43 bits per heavy atom. The van der Waals surface area contributed by atoms with E-state index in [-0.39, 0.29) is 17.7 Å². The first-order chi connectivity index (χ1) is 13.5. The zero-order valence-corrected chi connectivity index (χ0v) is 17.4. The molecule has 0 radical (unpaired) electrons. The van der Waals surface area contributed by atoms with Gasteiger partial charge in [0, 0.05) is 41.8 Å². The van der Waals surface area contributed by atoms with Gasteiger partial charge < -0.3 is 10.2 Å². The minimum absolute atomic E-state index is 0.0193.